The van der Waals surface area contributed by atoms with Crippen LogP contribution in [0.3, 0.4) is 0 Å². The fourth-order valence-electron chi connectivity index (χ4n) is 2.19. The van der Waals surface area contributed by atoms with Gasteiger partial charge in [0.25, 0.3) is 0 Å². The van der Waals surface area contributed by atoms with Crippen molar-refractivity contribution < 1.29 is 14.3 Å². The summed E-state index contributed by atoms with van der Waals surface area (Å²) in [6.07, 6.45) is 0.773. The Bertz CT molecular complexity index is 700. The molecule has 2 N–H and O–H groups in total. The van der Waals surface area contributed by atoms with Crippen molar-refractivity contribution in [2.45, 2.75) is 19.9 Å². The van der Waals surface area contributed by atoms with Crippen LogP contribution in [0.15, 0.2) is 53.0 Å². The van der Waals surface area contributed by atoms with E-state index in [2.05, 4.69) is 26.6 Å². The first-order valence-electron chi connectivity index (χ1n) is 8.10. The molecule has 6 heteroatoms. The molecule has 2 rings (SSSR count). The normalized spacial score (nSPS) is 10.2. The molecule has 132 valence electrons. The molecule has 0 atom stereocenters. The summed E-state index contributed by atoms with van der Waals surface area (Å²) in [5.74, 6) is -0.340. The maximum atomic E-state index is 11.8. The molecular formula is C19H21BrN2O3. The highest BCUT2D eigenvalue weighted by atomic mass is 79.9. The number of rotatable bonds is 7. The molecule has 0 aromatic heterocycles. The molecule has 2 amide bonds. The van der Waals surface area contributed by atoms with Gasteiger partial charge in [0, 0.05) is 17.6 Å². The van der Waals surface area contributed by atoms with Crippen molar-refractivity contribution in [1.29, 1.82) is 0 Å². The van der Waals surface area contributed by atoms with E-state index in [1.54, 1.807) is 31.2 Å². The number of ether oxygens (including phenoxy) is 1. The van der Waals surface area contributed by atoms with Gasteiger partial charge in [-0.1, -0.05) is 40.2 Å². The van der Waals surface area contributed by atoms with Crippen LogP contribution in [0.4, 0.5) is 4.79 Å². The van der Waals surface area contributed by atoms with Gasteiger partial charge in [-0.2, -0.15) is 0 Å². The van der Waals surface area contributed by atoms with Crippen LogP contribution in [0.1, 0.15) is 28.4 Å². The monoisotopic (exact) mass is 404 g/mol. The number of esters is 1. The topological polar surface area (TPSA) is 67.4 Å². The third-order valence-corrected chi connectivity index (χ3v) is 4.06. The van der Waals surface area contributed by atoms with E-state index in [4.69, 9.17) is 4.74 Å². The largest absolute Gasteiger partial charge is 0.462 e. The summed E-state index contributed by atoms with van der Waals surface area (Å²) in [6, 6.07) is 14.8. The smallest absolute Gasteiger partial charge is 0.338 e. The number of halogens is 1. The Kier molecular flexibility index (Phi) is 7.47. The molecule has 0 saturated carbocycles. The minimum Gasteiger partial charge on any atom is -0.462 e. The number of benzene rings is 2. The van der Waals surface area contributed by atoms with Gasteiger partial charge >= 0.3 is 12.0 Å². The lowest BCUT2D eigenvalue weighted by atomic mass is 10.1. The summed E-state index contributed by atoms with van der Waals surface area (Å²) >= 11 is 3.39. The molecular weight excluding hydrogens is 384 g/mol. The predicted molar refractivity (Wildman–Crippen MR) is 100 cm³/mol. The third-order valence-electron chi connectivity index (χ3n) is 3.53. The summed E-state index contributed by atoms with van der Waals surface area (Å²) in [7, 11) is 0. The molecule has 2 aromatic rings. The van der Waals surface area contributed by atoms with Gasteiger partial charge in [-0.15, -0.1) is 0 Å². The van der Waals surface area contributed by atoms with E-state index in [9.17, 15) is 9.59 Å². The van der Waals surface area contributed by atoms with Crippen LogP contribution in [-0.2, 0) is 17.7 Å². The van der Waals surface area contributed by atoms with Crippen LogP contribution in [0.2, 0.25) is 0 Å². The molecule has 2 aromatic carbocycles. The highest BCUT2D eigenvalue weighted by molar-refractivity contribution is 9.10. The number of carbonyl (C=O) groups excluding carboxylic acids is 2. The van der Waals surface area contributed by atoms with E-state index >= 15 is 0 Å². The van der Waals surface area contributed by atoms with Gasteiger partial charge in [-0.05, 0) is 48.7 Å². The Labute approximate surface area is 155 Å². The Morgan fingerprint density at radius 1 is 0.960 bits per heavy atom. The Hall–Kier alpha value is -2.34. The maximum absolute atomic E-state index is 11.8. The first-order valence-corrected chi connectivity index (χ1v) is 8.90. The fraction of sp³-hybridized carbons (Fsp3) is 0.263. The Balaban J connectivity index is 1.70. The average Bonchev–Trinajstić information content (AvgIpc) is 2.62. The molecule has 0 saturated heterocycles. The zero-order valence-electron chi connectivity index (χ0n) is 14.0. The van der Waals surface area contributed by atoms with Gasteiger partial charge in [0.2, 0.25) is 0 Å². The van der Waals surface area contributed by atoms with Gasteiger partial charge in [0.1, 0.15) is 0 Å². The quantitative estimate of drug-likeness (QED) is 0.691. The Morgan fingerprint density at radius 3 is 2.24 bits per heavy atom. The van der Waals surface area contributed by atoms with E-state index in [0.717, 1.165) is 22.0 Å². The van der Waals surface area contributed by atoms with Crippen molar-refractivity contribution in [3.05, 3.63) is 69.7 Å². The molecule has 25 heavy (non-hydrogen) atoms. The zero-order chi connectivity index (χ0) is 18.1. The highest BCUT2D eigenvalue weighted by Crippen LogP contribution is 2.10. The van der Waals surface area contributed by atoms with Gasteiger partial charge in [-0.25, -0.2) is 9.59 Å². The van der Waals surface area contributed by atoms with Crippen molar-refractivity contribution in [1.82, 2.24) is 10.6 Å². The zero-order valence-corrected chi connectivity index (χ0v) is 15.6. The van der Waals surface area contributed by atoms with Gasteiger partial charge in [-0.3, -0.25) is 0 Å². The van der Waals surface area contributed by atoms with Crippen LogP contribution in [0.25, 0.3) is 0 Å². The molecule has 0 unspecified atom stereocenters. The van der Waals surface area contributed by atoms with Crippen molar-refractivity contribution >= 4 is 27.9 Å². The van der Waals surface area contributed by atoms with Crippen LogP contribution in [0.5, 0.6) is 0 Å². The second-order valence-electron chi connectivity index (χ2n) is 5.40. The number of nitrogens with one attached hydrogen (secondary N) is 2. The lowest BCUT2D eigenvalue weighted by Crippen LogP contribution is -2.36. The molecule has 0 bridgehead atoms. The molecule has 0 fully saturated rings. The summed E-state index contributed by atoms with van der Waals surface area (Å²) in [5, 5.41) is 5.62. The summed E-state index contributed by atoms with van der Waals surface area (Å²) in [4.78, 5) is 23.4. The molecule has 0 radical (unpaired) electrons. The minimum absolute atomic E-state index is 0.216. The van der Waals surface area contributed by atoms with E-state index in [-0.39, 0.29) is 12.0 Å². The molecule has 0 aliphatic rings. The van der Waals surface area contributed by atoms with E-state index in [1.165, 1.54) is 0 Å². The van der Waals surface area contributed by atoms with Crippen LogP contribution in [-0.4, -0.2) is 25.2 Å². The standard InChI is InChI=1S/C19H21BrN2O3/c1-2-25-18(23)16-7-3-15(4-8-16)13-22-19(24)21-12-11-14-5-9-17(20)10-6-14/h3-10H,2,11-13H2,1H3,(H2,21,22,24). The molecule has 0 heterocycles. The summed E-state index contributed by atoms with van der Waals surface area (Å²) in [5.41, 5.74) is 2.58. The van der Waals surface area contributed by atoms with Crippen molar-refractivity contribution in [2.75, 3.05) is 13.2 Å². The van der Waals surface area contributed by atoms with Gasteiger partial charge in [0.05, 0.1) is 12.2 Å². The SMILES string of the molecule is CCOC(=O)c1ccc(CNC(=O)NCCc2ccc(Br)cc2)cc1. The first kappa shape index (κ1) is 19.0. The van der Waals surface area contributed by atoms with E-state index in [0.29, 0.717) is 25.3 Å². The lowest BCUT2D eigenvalue weighted by molar-refractivity contribution is 0.0526. The Morgan fingerprint density at radius 2 is 1.60 bits per heavy atom. The first-order chi connectivity index (χ1) is 12.1. The number of carbonyl (C=O) groups is 2. The van der Waals surface area contributed by atoms with E-state index in [1.807, 2.05) is 24.3 Å². The number of urea groups is 1. The number of hydrogen-bond donors (Lipinski definition) is 2. The molecule has 5 nitrogen and oxygen atoms in total. The van der Waals surface area contributed by atoms with Crippen LogP contribution in [0, 0.1) is 0 Å². The lowest BCUT2D eigenvalue weighted by Gasteiger charge is -2.08. The molecule has 0 aliphatic heterocycles. The molecule has 0 aliphatic carbocycles. The van der Waals surface area contributed by atoms with Gasteiger partial charge in [0.15, 0.2) is 0 Å². The fourth-order valence-corrected chi connectivity index (χ4v) is 2.45. The second-order valence-corrected chi connectivity index (χ2v) is 6.32. The van der Waals surface area contributed by atoms with Crippen LogP contribution >= 0.6 is 15.9 Å². The van der Waals surface area contributed by atoms with Crippen molar-refractivity contribution in [3.8, 4) is 0 Å². The third kappa shape index (κ3) is 6.58. The maximum Gasteiger partial charge on any atom is 0.338 e. The number of amides is 2. The summed E-state index contributed by atoms with van der Waals surface area (Å²) in [6.45, 7) is 3.08. The van der Waals surface area contributed by atoms with Crippen molar-refractivity contribution in [2.24, 2.45) is 0 Å². The number of hydrogen-bond acceptors (Lipinski definition) is 3. The summed E-state index contributed by atoms with van der Waals surface area (Å²) < 4.78 is 5.97. The minimum atomic E-state index is -0.340. The van der Waals surface area contributed by atoms with E-state index < -0.39 is 0 Å². The highest BCUT2D eigenvalue weighted by Gasteiger charge is 2.06. The predicted octanol–water partition coefficient (Wildman–Crippen LogP) is 3.67. The van der Waals surface area contributed by atoms with Gasteiger partial charge < -0.3 is 15.4 Å². The average molecular weight is 405 g/mol. The van der Waals surface area contributed by atoms with Crippen molar-refractivity contribution in [3.63, 3.8) is 0 Å². The molecule has 0 spiro atoms. The second kappa shape index (κ2) is 9.84. The van der Waals surface area contributed by atoms with Crippen LogP contribution < -0.4 is 10.6 Å².